The van der Waals surface area contributed by atoms with Gasteiger partial charge in [0.1, 0.15) is 18.1 Å². The molecule has 1 saturated carbocycles. The lowest BCUT2D eigenvalue weighted by Crippen LogP contribution is -2.51. The number of carbonyl (C=O) groups is 6. The predicted octanol–water partition coefficient (Wildman–Crippen LogP) is 1.92. The summed E-state index contributed by atoms with van der Waals surface area (Å²) >= 11 is 2.22. The molecule has 3 atom stereocenters. The average molecular weight is 771 g/mol. The minimum absolute atomic E-state index is 0.00883. The highest BCUT2D eigenvalue weighted by atomic mass is 127. The van der Waals surface area contributed by atoms with Gasteiger partial charge in [-0.25, -0.2) is 14.4 Å². The third-order valence-corrected chi connectivity index (χ3v) is 9.08. The number of carbonyl (C=O) groups excluding carboxylic acids is 3. The third-order valence-electron chi connectivity index (χ3n) is 8.41. The summed E-state index contributed by atoms with van der Waals surface area (Å²) in [7, 11) is 0. The minimum Gasteiger partial charge on any atom is -0.481 e. The number of H-pyrrole nitrogens is 1. The maximum atomic E-state index is 13.4. The second-order valence-corrected chi connectivity index (χ2v) is 13.1. The second kappa shape index (κ2) is 18.4. The highest BCUT2D eigenvalue weighted by Gasteiger charge is 2.30. The molecule has 15 nitrogen and oxygen atoms in total. The quantitative estimate of drug-likeness (QED) is 0.0787. The fraction of sp³-hybridized carbons (Fsp3) is 0.548. The lowest BCUT2D eigenvalue weighted by molar-refractivity contribution is -0.141. The molecule has 1 aliphatic rings. The Hall–Kier alpha value is -3.93. The number of halogens is 1. The summed E-state index contributed by atoms with van der Waals surface area (Å²) in [6.45, 7) is 0.780. The van der Waals surface area contributed by atoms with Gasteiger partial charge in [-0.3, -0.25) is 14.4 Å². The number of amides is 4. The molecule has 0 unspecified atom stereocenters. The number of rotatable bonds is 18. The first-order valence-corrected chi connectivity index (χ1v) is 16.7. The fourth-order valence-corrected chi connectivity index (χ4v) is 6.14. The Morgan fingerprint density at radius 3 is 2.17 bits per heavy atom. The standard InChI is InChI=1S/C31H43IN6O9/c32-20-8-9-22-21(14-20)19(16-35-22)13-25(36-27(41)18-6-4-17(15-33)5-7-18)28(42)34-12-2-1-3-23(29(43)44)37-31(47)38-24(30(45)46)10-11-26(39)40/h8-9,14,16-18,23-25,35H,1-7,10-13,15,33H2,(H,34,42)(H,36,41)(H,39,40)(H,43,44)(H,45,46)(H2,37,38,47)/t17?,18?,23-,24+,25+/m0/s1. The monoisotopic (exact) mass is 770 g/mol. The zero-order valence-electron chi connectivity index (χ0n) is 25.9. The third kappa shape index (κ3) is 12.0. The van der Waals surface area contributed by atoms with E-state index in [0.717, 1.165) is 32.9 Å². The summed E-state index contributed by atoms with van der Waals surface area (Å²) < 4.78 is 1.03. The smallest absolute Gasteiger partial charge is 0.326 e. The molecule has 258 valence electrons. The zero-order valence-corrected chi connectivity index (χ0v) is 28.1. The normalized spacial score (nSPS) is 18.0. The van der Waals surface area contributed by atoms with E-state index < -0.39 is 48.5 Å². The van der Waals surface area contributed by atoms with Crippen molar-refractivity contribution in [3.8, 4) is 0 Å². The van der Waals surface area contributed by atoms with Crippen LogP contribution in [0.25, 0.3) is 10.9 Å². The molecule has 1 aromatic heterocycles. The Balaban J connectivity index is 1.55. The molecule has 1 aliphatic carbocycles. The van der Waals surface area contributed by atoms with Crippen molar-refractivity contribution >= 4 is 69.2 Å². The lowest BCUT2D eigenvalue weighted by Gasteiger charge is -2.28. The van der Waals surface area contributed by atoms with Crippen LogP contribution in [0.15, 0.2) is 24.4 Å². The average Bonchev–Trinajstić information content (AvgIpc) is 3.42. The maximum absolute atomic E-state index is 13.4. The van der Waals surface area contributed by atoms with Gasteiger partial charge in [-0.15, -0.1) is 0 Å². The summed E-state index contributed by atoms with van der Waals surface area (Å²) in [5, 5.41) is 38.6. The van der Waals surface area contributed by atoms with Crippen LogP contribution in [-0.4, -0.2) is 87.3 Å². The Labute approximate surface area is 285 Å². The highest BCUT2D eigenvalue weighted by Crippen LogP contribution is 2.28. The first-order valence-electron chi connectivity index (χ1n) is 15.7. The predicted molar refractivity (Wildman–Crippen MR) is 179 cm³/mol. The van der Waals surface area contributed by atoms with Gasteiger partial charge >= 0.3 is 23.9 Å². The van der Waals surface area contributed by atoms with Gasteiger partial charge in [-0.1, -0.05) is 0 Å². The topological polar surface area (TPSA) is 253 Å². The number of nitrogens with one attached hydrogen (secondary N) is 5. The zero-order chi connectivity index (χ0) is 34.5. The molecule has 0 bridgehead atoms. The van der Waals surface area contributed by atoms with Gasteiger partial charge in [0.2, 0.25) is 11.8 Å². The van der Waals surface area contributed by atoms with Crippen LogP contribution < -0.4 is 27.0 Å². The van der Waals surface area contributed by atoms with E-state index in [1.165, 1.54) is 0 Å². The summed E-state index contributed by atoms with van der Waals surface area (Å²) in [5.74, 6) is -4.35. The molecule has 16 heteroatoms. The number of carboxylic acid groups (broad SMARTS) is 3. The molecule has 0 saturated heterocycles. The molecule has 4 amide bonds. The van der Waals surface area contributed by atoms with Gasteiger partial charge in [0, 0.05) is 46.0 Å². The van der Waals surface area contributed by atoms with Crippen molar-refractivity contribution in [1.82, 2.24) is 26.3 Å². The van der Waals surface area contributed by atoms with Crippen molar-refractivity contribution < 1.29 is 44.1 Å². The van der Waals surface area contributed by atoms with Crippen LogP contribution in [0, 0.1) is 15.4 Å². The largest absolute Gasteiger partial charge is 0.481 e. The van der Waals surface area contributed by atoms with Crippen molar-refractivity contribution in [3.05, 3.63) is 33.5 Å². The first kappa shape index (κ1) is 37.5. The summed E-state index contributed by atoms with van der Waals surface area (Å²) in [6, 6.07) is 1.20. The van der Waals surface area contributed by atoms with Crippen molar-refractivity contribution in [2.45, 2.75) is 82.3 Å². The van der Waals surface area contributed by atoms with Gasteiger partial charge in [0.15, 0.2) is 0 Å². The molecule has 1 aromatic carbocycles. The maximum Gasteiger partial charge on any atom is 0.326 e. The van der Waals surface area contributed by atoms with E-state index in [1.807, 2.05) is 24.4 Å². The number of hydrogen-bond acceptors (Lipinski definition) is 7. The number of fused-ring (bicyclic) bond motifs is 1. The van der Waals surface area contributed by atoms with Gasteiger partial charge in [-0.2, -0.15) is 0 Å². The Kier molecular flexibility index (Phi) is 14.7. The fourth-order valence-electron chi connectivity index (χ4n) is 5.65. The number of benzene rings is 1. The van der Waals surface area contributed by atoms with Crippen molar-refractivity contribution in [2.24, 2.45) is 17.6 Å². The number of hydrogen-bond donors (Lipinski definition) is 9. The Bertz CT molecular complexity index is 1430. The first-order chi connectivity index (χ1) is 22.4. The van der Waals surface area contributed by atoms with E-state index in [0.29, 0.717) is 38.1 Å². The molecule has 1 fully saturated rings. The molecular formula is C31H43IN6O9. The van der Waals surface area contributed by atoms with E-state index in [4.69, 9.17) is 10.8 Å². The SMILES string of the molecule is NCC1CCC(C(=O)N[C@H](Cc2c[nH]c3ccc(I)cc23)C(=O)NCCCC[C@H](NC(=O)N[C@H](CCC(=O)O)C(=O)O)C(=O)O)CC1. The van der Waals surface area contributed by atoms with E-state index in [-0.39, 0.29) is 43.5 Å². The number of unbranched alkanes of at least 4 members (excludes halogenated alkanes) is 1. The lowest BCUT2D eigenvalue weighted by atomic mass is 9.81. The van der Waals surface area contributed by atoms with Gasteiger partial charge in [0.25, 0.3) is 0 Å². The molecule has 0 spiro atoms. The van der Waals surface area contributed by atoms with E-state index >= 15 is 0 Å². The van der Waals surface area contributed by atoms with Crippen LogP contribution in [0.1, 0.15) is 63.4 Å². The van der Waals surface area contributed by atoms with Gasteiger partial charge in [-0.05, 0) is 110 Å². The van der Waals surface area contributed by atoms with Gasteiger partial charge < -0.3 is 47.3 Å². The number of aromatic amines is 1. The second-order valence-electron chi connectivity index (χ2n) is 11.8. The molecular weight excluding hydrogens is 727 g/mol. The molecule has 0 radical (unpaired) electrons. The molecule has 3 rings (SSSR count). The number of nitrogens with two attached hydrogens (primary N) is 1. The van der Waals surface area contributed by atoms with Gasteiger partial charge in [0.05, 0.1) is 0 Å². The molecule has 2 aromatic rings. The number of carboxylic acids is 3. The molecule has 1 heterocycles. The van der Waals surface area contributed by atoms with E-state index in [1.54, 1.807) is 0 Å². The molecule has 47 heavy (non-hydrogen) atoms. The Morgan fingerprint density at radius 1 is 0.894 bits per heavy atom. The Morgan fingerprint density at radius 2 is 1.55 bits per heavy atom. The summed E-state index contributed by atoms with van der Waals surface area (Å²) in [6.07, 6.45) is 5.04. The number of urea groups is 1. The van der Waals surface area contributed by atoms with Crippen LogP contribution in [0.3, 0.4) is 0 Å². The van der Waals surface area contributed by atoms with Crippen molar-refractivity contribution in [1.29, 1.82) is 0 Å². The molecule has 10 N–H and O–H groups in total. The van der Waals surface area contributed by atoms with Crippen LogP contribution in [0.4, 0.5) is 4.79 Å². The van der Waals surface area contributed by atoms with Crippen molar-refractivity contribution in [3.63, 3.8) is 0 Å². The highest BCUT2D eigenvalue weighted by molar-refractivity contribution is 14.1. The van der Waals surface area contributed by atoms with Crippen LogP contribution in [-0.2, 0) is 30.4 Å². The van der Waals surface area contributed by atoms with Crippen LogP contribution >= 0.6 is 22.6 Å². The van der Waals surface area contributed by atoms with Crippen molar-refractivity contribution in [2.75, 3.05) is 13.1 Å². The van der Waals surface area contributed by atoms with E-state index in [9.17, 15) is 39.0 Å². The number of aromatic nitrogens is 1. The summed E-state index contributed by atoms with van der Waals surface area (Å²) in [5.41, 5.74) is 7.60. The minimum atomic E-state index is -1.50. The van der Waals surface area contributed by atoms with E-state index in [2.05, 4.69) is 48.8 Å². The van der Waals surface area contributed by atoms with Crippen LogP contribution in [0.5, 0.6) is 0 Å². The van der Waals surface area contributed by atoms with Crippen LogP contribution in [0.2, 0.25) is 0 Å². The molecule has 0 aliphatic heterocycles. The summed E-state index contributed by atoms with van der Waals surface area (Å²) in [4.78, 5) is 75.9. The number of aliphatic carboxylic acids is 3.